The topological polar surface area (TPSA) is 48.0 Å². The fourth-order valence-electron chi connectivity index (χ4n) is 2.35. The first-order valence-corrected chi connectivity index (χ1v) is 8.12. The van der Waals surface area contributed by atoms with Crippen molar-refractivity contribution in [3.05, 3.63) is 0 Å². The van der Waals surface area contributed by atoms with Crippen LogP contribution in [0.25, 0.3) is 0 Å². The molecule has 1 heterocycles. The van der Waals surface area contributed by atoms with Gasteiger partial charge in [0.15, 0.2) is 0 Å². The average Bonchev–Trinajstić information content (AvgIpc) is 2.38. The molecule has 0 radical (unpaired) electrons. The molecule has 17 heavy (non-hydrogen) atoms. The Morgan fingerprint density at radius 3 is 2.53 bits per heavy atom. The summed E-state index contributed by atoms with van der Waals surface area (Å²) in [4.78, 5) is 11.8. The van der Waals surface area contributed by atoms with Gasteiger partial charge < -0.3 is 13.6 Å². The summed E-state index contributed by atoms with van der Waals surface area (Å²) in [5.74, 6) is -0.194. The van der Waals surface area contributed by atoms with Crippen molar-refractivity contribution in [2.24, 2.45) is 0 Å². The smallest absolute Gasteiger partial charge is 0.427 e. The maximum absolute atomic E-state index is 11.8. The van der Waals surface area contributed by atoms with Gasteiger partial charge in [0.2, 0.25) is 0 Å². The molecule has 1 aliphatic rings. The van der Waals surface area contributed by atoms with E-state index in [1.807, 2.05) is 13.8 Å². The number of nitrogens with zero attached hydrogens (tertiary/aromatic N) is 1. The number of carbonyl (C=O) groups is 1. The third kappa shape index (κ3) is 3.07. The van der Waals surface area contributed by atoms with Crippen molar-refractivity contribution < 1.29 is 18.4 Å². The maximum Gasteiger partial charge on any atom is 0.427 e. The van der Waals surface area contributed by atoms with E-state index in [4.69, 9.17) is 13.6 Å². The Morgan fingerprint density at radius 1 is 1.35 bits per heavy atom. The second kappa shape index (κ2) is 6.49. The Labute approximate surface area is 104 Å². The lowest BCUT2D eigenvalue weighted by molar-refractivity contribution is -0.148. The molecule has 0 amide bonds. The van der Waals surface area contributed by atoms with E-state index >= 15 is 0 Å². The Bertz CT molecular complexity index is 258. The van der Waals surface area contributed by atoms with Gasteiger partial charge in [-0.1, -0.05) is 0 Å². The molecular formula is C11H23NO4Si. The van der Waals surface area contributed by atoms with E-state index < -0.39 is 8.72 Å². The van der Waals surface area contributed by atoms with Crippen LogP contribution in [0.1, 0.15) is 26.7 Å². The summed E-state index contributed by atoms with van der Waals surface area (Å²) in [6, 6.07) is 0.617. The van der Waals surface area contributed by atoms with E-state index in [9.17, 15) is 4.79 Å². The zero-order valence-corrected chi connectivity index (χ0v) is 12.2. The van der Waals surface area contributed by atoms with Crippen molar-refractivity contribution in [2.45, 2.75) is 38.8 Å². The molecule has 0 spiro atoms. The van der Waals surface area contributed by atoms with Gasteiger partial charge in [0.05, 0.1) is 6.61 Å². The van der Waals surface area contributed by atoms with Crippen LogP contribution in [0.2, 0.25) is 6.04 Å². The summed E-state index contributed by atoms with van der Waals surface area (Å²) >= 11 is 0. The first-order valence-electron chi connectivity index (χ1n) is 6.15. The van der Waals surface area contributed by atoms with Gasteiger partial charge in [0, 0.05) is 20.3 Å². The second-order valence-electron chi connectivity index (χ2n) is 4.20. The number of esters is 1. The van der Waals surface area contributed by atoms with Crippen LogP contribution in [0.15, 0.2) is 0 Å². The molecule has 100 valence electrons. The summed E-state index contributed by atoms with van der Waals surface area (Å²) in [6.07, 6.45) is 2.17. The highest BCUT2D eigenvalue weighted by molar-refractivity contribution is 6.64. The van der Waals surface area contributed by atoms with E-state index in [2.05, 4.69) is 4.57 Å². The fourth-order valence-corrected chi connectivity index (χ4v) is 5.57. The molecule has 0 bridgehead atoms. The molecule has 1 aliphatic heterocycles. The third-order valence-corrected chi connectivity index (χ3v) is 7.06. The lowest BCUT2D eigenvalue weighted by atomic mass is 10.3. The fraction of sp³-hybridized carbons (Fsp3) is 0.909. The molecule has 1 atom stereocenters. The Kier molecular flexibility index (Phi) is 5.58. The van der Waals surface area contributed by atoms with Crippen molar-refractivity contribution in [1.82, 2.24) is 4.57 Å². The Morgan fingerprint density at radius 2 is 2.00 bits per heavy atom. The molecule has 0 aromatic carbocycles. The third-order valence-electron chi connectivity index (χ3n) is 3.31. The second-order valence-corrected chi connectivity index (χ2v) is 7.52. The van der Waals surface area contributed by atoms with Crippen LogP contribution in [-0.4, -0.2) is 52.7 Å². The highest BCUT2D eigenvalue weighted by atomic mass is 28.4. The van der Waals surface area contributed by atoms with Gasteiger partial charge in [-0.2, -0.15) is 0 Å². The normalized spacial score (nSPS) is 22.1. The molecule has 5 nitrogen and oxygen atoms in total. The van der Waals surface area contributed by atoms with Gasteiger partial charge in [0.25, 0.3) is 0 Å². The quantitative estimate of drug-likeness (QED) is 0.551. The van der Waals surface area contributed by atoms with Crippen molar-refractivity contribution in [1.29, 1.82) is 0 Å². The van der Waals surface area contributed by atoms with Crippen molar-refractivity contribution in [3.63, 3.8) is 0 Å². The van der Waals surface area contributed by atoms with Crippen molar-refractivity contribution in [2.75, 3.05) is 27.4 Å². The van der Waals surface area contributed by atoms with E-state index in [-0.39, 0.29) is 12.0 Å². The Hall–Kier alpha value is -0.433. The number of carbonyl (C=O) groups excluding carboxylic acids is 1. The summed E-state index contributed by atoms with van der Waals surface area (Å²) in [6.45, 7) is 4.93. The van der Waals surface area contributed by atoms with Crippen molar-refractivity contribution in [3.8, 4) is 0 Å². The molecule has 0 saturated carbocycles. The van der Waals surface area contributed by atoms with Gasteiger partial charge >= 0.3 is 14.7 Å². The number of hydrogen-bond donors (Lipinski definition) is 0. The summed E-state index contributed by atoms with van der Waals surface area (Å²) < 4.78 is 18.4. The number of hydrogen-bond acceptors (Lipinski definition) is 5. The van der Waals surface area contributed by atoms with Gasteiger partial charge in [-0.15, -0.1) is 0 Å². The maximum atomic E-state index is 11.8. The first-order chi connectivity index (χ1) is 8.11. The molecule has 0 aromatic heterocycles. The van der Waals surface area contributed by atoms with Crippen LogP contribution in [0.4, 0.5) is 0 Å². The minimum atomic E-state index is -2.38. The summed E-state index contributed by atoms with van der Waals surface area (Å²) in [7, 11) is 0.963. The van der Waals surface area contributed by atoms with Crippen LogP contribution in [-0.2, 0) is 18.4 Å². The Balaban J connectivity index is 2.80. The van der Waals surface area contributed by atoms with E-state index in [1.54, 1.807) is 14.2 Å². The summed E-state index contributed by atoms with van der Waals surface area (Å²) in [5, 5.41) is 0. The highest BCUT2D eigenvalue weighted by Gasteiger charge is 2.49. The van der Waals surface area contributed by atoms with Gasteiger partial charge in [-0.05, 0) is 33.2 Å². The first kappa shape index (κ1) is 14.6. The number of ether oxygens (including phenoxy) is 1. The molecule has 1 fully saturated rings. The van der Waals surface area contributed by atoms with E-state index in [0.29, 0.717) is 6.61 Å². The monoisotopic (exact) mass is 261 g/mol. The predicted molar refractivity (Wildman–Crippen MR) is 66.6 cm³/mol. The SMILES string of the molecule is CCOC(=O)C(C)N1CCCC[Si]1(OC)OC. The van der Waals surface area contributed by atoms with Gasteiger partial charge in [-0.3, -0.25) is 9.36 Å². The average molecular weight is 261 g/mol. The van der Waals surface area contributed by atoms with Crippen LogP contribution in [0.5, 0.6) is 0 Å². The zero-order valence-electron chi connectivity index (χ0n) is 11.2. The van der Waals surface area contributed by atoms with Crippen LogP contribution < -0.4 is 0 Å². The van der Waals surface area contributed by atoms with Gasteiger partial charge in [-0.25, -0.2) is 0 Å². The lowest BCUT2D eigenvalue weighted by Gasteiger charge is -2.43. The zero-order chi connectivity index (χ0) is 12.9. The number of rotatable bonds is 5. The molecule has 1 saturated heterocycles. The summed E-state index contributed by atoms with van der Waals surface area (Å²) in [5.41, 5.74) is 0. The van der Waals surface area contributed by atoms with Crippen LogP contribution >= 0.6 is 0 Å². The molecule has 6 heteroatoms. The minimum absolute atomic E-state index is 0.194. The van der Waals surface area contributed by atoms with Gasteiger partial charge in [0.1, 0.15) is 6.04 Å². The van der Waals surface area contributed by atoms with Crippen molar-refractivity contribution >= 4 is 14.7 Å². The van der Waals surface area contributed by atoms with E-state index in [0.717, 1.165) is 25.4 Å². The molecule has 0 aromatic rings. The molecule has 0 N–H and O–H groups in total. The van der Waals surface area contributed by atoms with Crippen LogP contribution in [0, 0.1) is 0 Å². The standard InChI is InChI=1S/C11H23NO4Si/c1-5-16-11(13)10(2)12-8-6-7-9-17(12,14-3)15-4/h10H,5-9H2,1-4H3. The molecule has 1 rings (SSSR count). The lowest BCUT2D eigenvalue weighted by Crippen LogP contribution is -2.64. The van der Waals surface area contributed by atoms with E-state index in [1.165, 1.54) is 0 Å². The predicted octanol–water partition coefficient (Wildman–Crippen LogP) is 1.27. The molecule has 1 unspecified atom stereocenters. The highest BCUT2D eigenvalue weighted by Crippen LogP contribution is 2.28. The minimum Gasteiger partial charge on any atom is -0.465 e. The largest absolute Gasteiger partial charge is 0.465 e. The van der Waals surface area contributed by atoms with Crippen LogP contribution in [0.3, 0.4) is 0 Å². The molecular weight excluding hydrogens is 238 g/mol. The molecule has 0 aliphatic carbocycles.